The quantitative estimate of drug-likeness (QED) is 0.0814. The predicted octanol–water partition coefficient (Wildman–Crippen LogP) is 19.6. The Hall–Kier alpha value is -2.63. The molecule has 3 saturated carbocycles. The van der Waals surface area contributed by atoms with E-state index in [1.54, 1.807) is 11.1 Å². The molecule has 5 atom stereocenters. The number of halogens is 4. The van der Waals surface area contributed by atoms with Gasteiger partial charge < -0.3 is 19.6 Å². The normalized spacial score (nSPS) is 21.5. The molecule has 2 aliphatic heterocycles. The fourth-order valence-corrected chi connectivity index (χ4v) is 16.8. The first-order chi connectivity index (χ1) is 39.0. The molecular formula is C70H96Cl4N4O2Ru2-2. The second-order valence-electron chi connectivity index (χ2n) is 25.4. The first-order valence-electron chi connectivity index (χ1n) is 30.2. The third kappa shape index (κ3) is 17.1. The molecule has 6 aliphatic rings. The van der Waals surface area contributed by atoms with Crippen molar-refractivity contribution in [2.75, 3.05) is 36.0 Å². The van der Waals surface area contributed by atoms with Gasteiger partial charge in [-0.25, -0.2) is 0 Å². The zero-order chi connectivity index (χ0) is 59.6. The van der Waals surface area contributed by atoms with Crippen LogP contribution in [-0.4, -0.2) is 63.4 Å². The molecule has 5 fully saturated rings. The first-order valence-corrected chi connectivity index (χ1v) is 41.2. The minimum absolute atomic E-state index is 0.163. The van der Waals surface area contributed by atoms with Gasteiger partial charge in [0, 0.05) is 30.5 Å². The van der Waals surface area contributed by atoms with Crippen LogP contribution < -0.4 is 19.3 Å². The molecule has 2 unspecified atom stereocenters. The van der Waals surface area contributed by atoms with Crippen LogP contribution in [0.5, 0.6) is 11.5 Å². The molecular weight excluding hydrogens is 1270 g/mol. The Morgan fingerprint density at radius 2 is 0.963 bits per heavy atom. The van der Waals surface area contributed by atoms with Crippen molar-refractivity contribution < 1.29 is 36.5 Å². The molecule has 2 heterocycles. The molecule has 0 aromatic heterocycles. The summed E-state index contributed by atoms with van der Waals surface area (Å²) in [6.07, 6.45) is 6.98. The number of ether oxygens (including phenoxy) is 2. The van der Waals surface area contributed by atoms with Gasteiger partial charge in [-0.05, 0) is 131 Å². The smallest absolute Gasteiger partial charge is 0.0152 e. The molecule has 82 heavy (non-hydrogen) atoms. The van der Waals surface area contributed by atoms with Gasteiger partial charge in [-0.1, -0.05) is 137 Å². The van der Waals surface area contributed by atoms with E-state index in [0.29, 0.717) is 35.1 Å². The van der Waals surface area contributed by atoms with Gasteiger partial charge in [0.05, 0.1) is 0 Å². The first kappa shape index (κ1) is 66.9. The van der Waals surface area contributed by atoms with Crippen molar-refractivity contribution in [3.63, 3.8) is 0 Å². The molecule has 12 heteroatoms. The Morgan fingerprint density at radius 1 is 0.537 bits per heavy atom. The molecule has 0 radical (unpaired) electrons. The molecule has 0 amide bonds. The molecule has 5 aromatic rings. The summed E-state index contributed by atoms with van der Waals surface area (Å²) >= 11 is -3.54. The molecule has 0 spiro atoms. The van der Waals surface area contributed by atoms with Crippen LogP contribution in [0.4, 0.5) is 11.4 Å². The zero-order valence-corrected chi connectivity index (χ0v) is 58.2. The summed E-state index contributed by atoms with van der Waals surface area (Å²) in [5.74, 6) is 6.55. The van der Waals surface area contributed by atoms with Crippen molar-refractivity contribution in [1.29, 1.82) is 0 Å². The van der Waals surface area contributed by atoms with E-state index in [1.807, 2.05) is 85.4 Å². The van der Waals surface area contributed by atoms with Gasteiger partial charge in [-0.3, -0.25) is 0 Å². The van der Waals surface area contributed by atoms with Crippen LogP contribution in [0.15, 0.2) is 109 Å². The molecule has 454 valence electrons. The van der Waals surface area contributed by atoms with E-state index < -0.39 is 27.0 Å². The van der Waals surface area contributed by atoms with Gasteiger partial charge in [0.25, 0.3) is 0 Å². The average Bonchev–Trinajstić information content (AvgIpc) is 3.61. The average molecular weight is 1370 g/mol. The standard InChI is InChI=1S/C25H39N2.C25H33N2.2C10H12O.4ClH.2Ru/c1-16(2)20-9-8-10-21(17(3)4)24(20)27-12-11-26(15-27)23-14-19-13-22(18(23)5)25(19,6)7;1-18(2)21-12-8-13-22(19(3)4)25(21)27-16-15-26(17-27)24-14-7-10-20-9-5-6-11-23(20)24;2*1-8(2)11-10-7-5-4-6-9(10)3;;;;;;/h8-10,15-19,22-23H,11-14H2,1-7H3;5-6,8-9,11-13,17-19,24H,7,10,14-16H2,1-4H3;2*3-8H,1-2H3;4*1H;;/q2*-1;;;;;;;2*+2/p-4/t18-,19-,22+,23?;;;;;;;;;/m1........./s1. The predicted molar refractivity (Wildman–Crippen MR) is 349 cm³/mol. The van der Waals surface area contributed by atoms with Crippen molar-refractivity contribution in [3.8, 4) is 11.5 Å². The summed E-state index contributed by atoms with van der Waals surface area (Å²) in [7, 11) is 23.3. The second kappa shape index (κ2) is 30.8. The number of para-hydroxylation sites is 4. The number of aryl methyl sites for hydroxylation is 1. The molecule has 0 N–H and O–H groups in total. The summed E-state index contributed by atoms with van der Waals surface area (Å²) in [5.41, 5.74) is 14.5. The van der Waals surface area contributed by atoms with Crippen LogP contribution in [0.1, 0.15) is 204 Å². The maximum absolute atomic E-state index is 5.82. The van der Waals surface area contributed by atoms with E-state index in [9.17, 15) is 0 Å². The van der Waals surface area contributed by atoms with Gasteiger partial charge in [0.15, 0.2) is 0 Å². The van der Waals surface area contributed by atoms with E-state index in [0.717, 1.165) is 66.1 Å². The van der Waals surface area contributed by atoms with Crippen molar-refractivity contribution in [2.45, 2.75) is 184 Å². The van der Waals surface area contributed by atoms with Crippen LogP contribution >= 0.6 is 38.8 Å². The maximum Gasteiger partial charge on any atom is 0.0152 e. The summed E-state index contributed by atoms with van der Waals surface area (Å²) in [5, 5.41) is 0. The minimum atomic E-state index is -1.77. The Kier molecular flexibility index (Phi) is 25.1. The summed E-state index contributed by atoms with van der Waals surface area (Å²) in [6.45, 7) is 43.5. The van der Waals surface area contributed by atoms with Gasteiger partial charge in [0.1, 0.15) is 0 Å². The number of hydrogen-bond donors (Lipinski definition) is 0. The molecule has 11 rings (SSSR count). The van der Waals surface area contributed by atoms with Crippen LogP contribution in [0.2, 0.25) is 0 Å². The largest absolute Gasteiger partial charge is 0.507 e. The van der Waals surface area contributed by atoms with Crippen molar-refractivity contribution in [1.82, 2.24) is 9.80 Å². The topological polar surface area (TPSA) is 31.4 Å². The number of anilines is 2. The van der Waals surface area contributed by atoms with E-state index in [2.05, 4.69) is 170 Å². The van der Waals surface area contributed by atoms with E-state index in [1.165, 1.54) is 72.3 Å². The molecule has 2 bridgehead atoms. The van der Waals surface area contributed by atoms with Gasteiger partial charge in [-0.2, -0.15) is 13.3 Å². The molecule has 6 nitrogen and oxygen atoms in total. The minimum Gasteiger partial charge on any atom is -0.507 e. The van der Waals surface area contributed by atoms with Gasteiger partial charge >= 0.3 is 196 Å². The third-order valence-electron chi connectivity index (χ3n) is 17.4. The van der Waals surface area contributed by atoms with Crippen molar-refractivity contribution in [3.05, 3.63) is 167 Å². The van der Waals surface area contributed by atoms with Crippen molar-refractivity contribution >= 4 is 59.4 Å². The Bertz CT molecular complexity index is 2790. The van der Waals surface area contributed by atoms with Crippen LogP contribution in [0, 0.1) is 36.5 Å². The number of rotatable bonds is 14. The molecule has 2 saturated heterocycles. The number of nitrogens with zero attached hydrogens (tertiary/aromatic N) is 4. The Balaban J connectivity index is 0.000000165. The fraction of sp³-hybridized carbons (Fsp3) is 0.514. The van der Waals surface area contributed by atoms with Crippen LogP contribution in [0.25, 0.3) is 0 Å². The van der Waals surface area contributed by atoms with Gasteiger partial charge in [-0.15, -0.1) is 0 Å². The Morgan fingerprint density at radius 3 is 1.39 bits per heavy atom. The molecule has 5 aromatic carbocycles. The van der Waals surface area contributed by atoms with E-state index in [4.69, 9.17) is 48.2 Å². The SMILES string of the molecule is CC(C)Oc1ccccc1[CH]=[Ru]([Cl])[Cl].CC(C)Oc1ccccc1[CH]=[Ru]([Cl])[Cl].CC(C)c1cccc(C(C)C)c1N1[CH-]N(C2CCCc3ccccc32)CC1.CC(C)c1cccc(C(C)C)c1N1[CH-]N(C2C[C@H]3C[C@@H]([C@H]2C)C3(C)C)CC1. The monoisotopic (exact) mass is 1370 g/mol. The summed E-state index contributed by atoms with van der Waals surface area (Å²) < 4.78 is 15.0. The number of benzene rings is 5. The van der Waals surface area contributed by atoms with Crippen LogP contribution in [0.3, 0.4) is 0 Å². The summed E-state index contributed by atoms with van der Waals surface area (Å²) in [6, 6.07) is 39.7. The zero-order valence-electron chi connectivity index (χ0n) is 51.7. The van der Waals surface area contributed by atoms with Gasteiger partial charge in [0.2, 0.25) is 0 Å². The maximum atomic E-state index is 5.82. The Labute approximate surface area is 522 Å². The molecule has 4 aliphatic carbocycles. The summed E-state index contributed by atoms with van der Waals surface area (Å²) in [4.78, 5) is 10.4. The second-order valence-corrected chi connectivity index (χ2v) is 36.9. The third-order valence-corrected chi connectivity index (χ3v) is 21.1. The van der Waals surface area contributed by atoms with E-state index in [-0.39, 0.29) is 12.2 Å². The fourth-order valence-electron chi connectivity index (χ4n) is 13.2. The van der Waals surface area contributed by atoms with E-state index >= 15 is 0 Å². The number of hydrogen-bond acceptors (Lipinski definition) is 6. The number of fused-ring (bicyclic) bond motifs is 3. The van der Waals surface area contributed by atoms with Crippen molar-refractivity contribution in [2.24, 2.45) is 23.2 Å². The van der Waals surface area contributed by atoms with Crippen LogP contribution in [-0.2, 0) is 33.5 Å².